The molecule has 2 aliphatic rings. The molecule has 1 nitrogen and oxygen atoms in total. The Balaban J connectivity index is 1.89. The Labute approximate surface area is 121 Å². The zero-order chi connectivity index (χ0) is 13.3. The lowest BCUT2D eigenvalue weighted by molar-refractivity contribution is -0.0811. The van der Waals surface area contributed by atoms with Gasteiger partial charge in [0.05, 0.1) is 0 Å². The molecular weight excluding hydrogens is 252 g/mol. The number of aliphatic hydroxyl groups is 1. The van der Waals surface area contributed by atoms with Crippen LogP contribution in [0, 0.1) is 18.8 Å². The highest BCUT2D eigenvalue weighted by Gasteiger charge is 2.45. The van der Waals surface area contributed by atoms with Crippen molar-refractivity contribution < 1.29 is 5.11 Å². The van der Waals surface area contributed by atoms with Crippen molar-refractivity contribution in [1.29, 1.82) is 0 Å². The van der Waals surface area contributed by atoms with Gasteiger partial charge in [-0.1, -0.05) is 44.9 Å². The molecule has 1 N–H and O–H groups in total. The Hall–Kier alpha value is -0.340. The first-order valence-corrected chi connectivity index (χ1v) is 8.87. The SMILES string of the molecule is Cc1ccsc1C1(O)CCCCC1C1CCCCC1. The van der Waals surface area contributed by atoms with Gasteiger partial charge in [-0.25, -0.2) is 0 Å². The van der Waals surface area contributed by atoms with E-state index in [0.717, 1.165) is 12.3 Å². The standard InChI is InChI=1S/C17H26OS/c1-13-10-12-19-16(13)17(18)11-6-5-9-15(17)14-7-3-2-4-8-14/h10,12,14-15,18H,2-9,11H2,1H3. The number of aryl methyl sites for hydroxylation is 1. The predicted octanol–water partition coefficient (Wildman–Crippen LogP) is 5.01. The highest BCUT2D eigenvalue weighted by molar-refractivity contribution is 7.10. The molecule has 2 fully saturated rings. The summed E-state index contributed by atoms with van der Waals surface area (Å²) in [5.41, 5.74) is 0.786. The van der Waals surface area contributed by atoms with Gasteiger partial charge < -0.3 is 5.11 Å². The van der Waals surface area contributed by atoms with E-state index in [4.69, 9.17) is 0 Å². The normalized spacial score (nSPS) is 33.5. The maximum Gasteiger partial charge on any atom is 0.102 e. The molecule has 2 heteroatoms. The van der Waals surface area contributed by atoms with E-state index in [1.54, 1.807) is 11.3 Å². The van der Waals surface area contributed by atoms with Crippen LogP contribution in [-0.4, -0.2) is 5.11 Å². The first-order chi connectivity index (χ1) is 9.22. The second kappa shape index (κ2) is 5.57. The number of hydrogen-bond acceptors (Lipinski definition) is 2. The molecule has 1 aromatic heterocycles. The van der Waals surface area contributed by atoms with Gasteiger partial charge in [0.25, 0.3) is 0 Å². The molecular formula is C17H26OS. The largest absolute Gasteiger partial charge is 0.384 e. The Morgan fingerprint density at radius 2 is 1.84 bits per heavy atom. The van der Waals surface area contributed by atoms with Crippen LogP contribution in [0.4, 0.5) is 0 Å². The van der Waals surface area contributed by atoms with Gasteiger partial charge in [0.2, 0.25) is 0 Å². The maximum atomic E-state index is 11.4. The van der Waals surface area contributed by atoms with Crippen LogP contribution in [0.2, 0.25) is 0 Å². The van der Waals surface area contributed by atoms with Crippen LogP contribution in [0.15, 0.2) is 11.4 Å². The lowest BCUT2D eigenvalue weighted by Crippen LogP contribution is -2.42. The summed E-state index contributed by atoms with van der Waals surface area (Å²) in [6.45, 7) is 2.16. The molecule has 0 aliphatic heterocycles. The number of hydrogen-bond donors (Lipinski definition) is 1. The zero-order valence-corrected chi connectivity index (χ0v) is 12.8. The molecule has 0 radical (unpaired) electrons. The Morgan fingerprint density at radius 3 is 2.53 bits per heavy atom. The van der Waals surface area contributed by atoms with Crippen LogP contribution in [0.3, 0.4) is 0 Å². The third-order valence-corrected chi connectivity index (χ3v) is 6.59. The van der Waals surface area contributed by atoms with E-state index in [2.05, 4.69) is 18.4 Å². The van der Waals surface area contributed by atoms with Crippen molar-refractivity contribution in [2.45, 2.75) is 70.3 Å². The lowest BCUT2D eigenvalue weighted by Gasteiger charge is -2.45. The number of rotatable bonds is 2. The minimum absolute atomic E-state index is 0.513. The molecule has 2 saturated carbocycles. The quantitative estimate of drug-likeness (QED) is 0.806. The van der Waals surface area contributed by atoms with Crippen LogP contribution in [0.5, 0.6) is 0 Å². The second-order valence-corrected chi connectivity index (χ2v) is 7.52. The fourth-order valence-electron chi connectivity index (χ4n) is 4.44. The van der Waals surface area contributed by atoms with Crippen molar-refractivity contribution in [3.63, 3.8) is 0 Å². The van der Waals surface area contributed by atoms with Crippen molar-refractivity contribution >= 4 is 11.3 Å². The summed E-state index contributed by atoms with van der Waals surface area (Å²) in [4.78, 5) is 1.27. The molecule has 0 saturated heterocycles. The van der Waals surface area contributed by atoms with Crippen molar-refractivity contribution in [2.75, 3.05) is 0 Å². The fraction of sp³-hybridized carbons (Fsp3) is 0.765. The number of thiophene rings is 1. The van der Waals surface area contributed by atoms with Crippen molar-refractivity contribution in [1.82, 2.24) is 0 Å². The van der Waals surface area contributed by atoms with E-state index < -0.39 is 5.60 Å². The molecule has 1 heterocycles. The maximum absolute atomic E-state index is 11.4. The molecule has 2 aliphatic carbocycles. The van der Waals surface area contributed by atoms with E-state index in [1.165, 1.54) is 61.8 Å². The van der Waals surface area contributed by atoms with Gasteiger partial charge >= 0.3 is 0 Å². The lowest BCUT2D eigenvalue weighted by atomic mass is 9.64. The predicted molar refractivity (Wildman–Crippen MR) is 81.5 cm³/mol. The first kappa shape index (κ1) is 13.6. The van der Waals surface area contributed by atoms with Gasteiger partial charge in [-0.3, -0.25) is 0 Å². The summed E-state index contributed by atoms with van der Waals surface area (Å²) in [6.07, 6.45) is 11.6. The van der Waals surface area contributed by atoms with Crippen molar-refractivity contribution in [2.24, 2.45) is 11.8 Å². The highest BCUT2D eigenvalue weighted by atomic mass is 32.1. The van der Waals surface area contributed by atoms with Gasteiger partial charge in [0.1, 0.15) is 5.60 Å². The summed E-state index contributed by atoms with van der Waals surface area (Å²) in [7, 11) is 0. The summed E-state index contributed by atoms with van der Waals surface area (Å²) in [5, 5.41) is 13.6. The molecule has 2 unspecified atom stereocenters. The molecule has 0 bridgehead atoms. The van der Waals surface area contributed by atoms with E-state index in [0.29, 0.717) is 5.92 Å². The molecule has 0 aromatic carbocycles. The molecule has 106 valence electrons. The Bertz CT molecular complexity index is 419. The topological polar surface area (TPSA) is 20.2 Å². The third kappa shape index (κ3) is 2.50. The average molecular weight is 278 g/mol. The molecule has 0 spiro atoms. The van der Waals surface area contributed by atoms with Crippen LogP contribution in [0.1, 0.15) is 68.2 Å². The van der Waals surface area contributed by atoms with Gasteiger partial charge in [-0.2, -0.15) is 0 Å². The highest BCUT2D eigenvalue weighted by Crippen LogP contribution is 2.50. The molecule has 19 heavy (non-hydrogen) atoms. The summed E-state index contributed by atoms with van der Waals surface area (Å²) >= 11 is 1.77. The van der Waals surface area contributed by atoms with Crippen LogP contribution in [0.25, 0.3) is 0 Å². The van der Waals surface area contributed by atoms with E-state index in [1.807, 2.05) is 0 Å². The van der Waals surface area contributed by atoms with Crippen LogP contribution in [-0.2, 0) is 5.60 Å². The summed E-state index contributed by atoms with van der Waals surface area (Å²) in [5.74, 6) is 1.28. The van der Waals surface area contributed by atoms with Crippen LogP contribution >= 0.6 is 11.3 Å². The minimum atomic E-state index is -0.515. The zero-order valence-electron chi connectivity index (χ0n) is 12.0. The molecule has 2 atom stereocenters. The fourth-order valence-corrected chi connectivity index (χ4v) is 5.56. The monoisotopic (exact) mass is 278 g/mol. The first-order valence-electron chi connectivity index (χ1n) is 7.99. The van der Waals surface area contributed by atoms with Crippen molar-refractivity contribution in [3.05, 3.63) is 21.9 Å². The van der Waals surface area contributed by atoms with E-state index in [9.17, 15) is 5.11 Å². The van der Waals surface area contributed by atoms with Crippen molar-refractivity contribution in [3.8, 4) is 0 Å². The van der Waals surface area contributed by atoms with Gasteiger partial charge in [0.15, 0.2) is 0 Å². The Morgan fingerprint density at radius 1 is 1.11 bits per heavy atom. The van der Waals surface area contributed by atoms with Crippen LogP contribution < -0.4 is 0 Å². The van der Waals surface area contributed by atoms with Gasteiger partial charge in [0, 0.05) is 4.88 Å². The average Bonchev–Trinajstić information content (AvgIpc) is 2.87. The van der Waals surface area contributed by atoms with E-state index in [-0.39, 0.29) is 0 Å². The van der Waals surface area contributed by atoms with E-state index >= 15 is 0 Å². The van der Waals surface area contributed by atoms with Gasteiger partial charge in [-0.15, -0.1) is 11.3 Å². The molecule has 1 aromatic rings. The molecule has 3 rings (SSSR count). The Kier molecular flexibility index (Phi) is 4.00. The summed E-state index contributed by atoms with van der Waals surface area (Å²) < 4.78 is 0. The molecule has 0 amide bonds. The third-order valence-electron chi connectivity index (χ3n) is 5.41. The van der Waals surface area contributed by atoms with Gasteiger partial charge in [-0.05, 0) is 48.6 Å². The minimum Gasteiger partial charge on any atom is -0.384 e. The second-order valence-electron chi connectivity index (χ2n) is 6.61. The smallest absolute Gasteiger partial charge is 0.102 e. The summed E-state index contributed by atoms with van der Waals surface area (Å²) in [6, 6.07) is 2.17.